The maximum Gasteiger partial charge on any atom is 0.343 e. The summed E-state index contributed by atoms with van der Waals surface area (Å²) in [6.07, 6.45) is 1.41. The minimum atomic E-state index is -0.657. The van der Waals surface area contributed by atoms with Crippen LogP contribution in [-0.4, -0.2) is 56.3 Å². The van der Waals surface area contributed by atoms with Gasteiger partial charge in [-0.25, -0.2) is 4.79 Å². The quantitative estimate of drug-likeness (QED) is 0.656. The second-order valence-electron chi connectivity index (χ2n) is 7.34. The molecule has 1 aliphatic rings. The summed E-state index contributed by atoms with van der Waals surface area (Å²) in [7, 11) is 2.85. The van der Waals surface area contributed by atoms with Gasteiger partial charge >= 0.3 is 5.97 Å². The average molecular weight is 407 g/mol. The number of pyridine rings is 1. The van der Waals surface area contributed by atoms with Crippen LogP contribution in [0.1, 0.15) is 15.9 Å². The van der Waals surface area contributed by atoms with Gasteiger partial charge in [-0.1, -0.05) is 30.3 Å². The number of anilines is 1. The number of carbonyl (C=O) groups excluding carboxylic acids is 1. The highest BCUT2D eigenvalue weighted by molar-refractivity contribution is 5.95. The first kappa shape index (κ1) is 20.0. The molecule has 156 valence electrons. The number of benzene rings is 2. The number of fused-ring (bicyclic) bond motifs is 1. The SMILES string of the molecule is COC(=O)c1c[nH]c2cc(N3CCN(Cc4ccccc4)CC3)c(OC)cc2c1=O. The van der Waals surface area contributed by atoms with E-state index >= 15 is 0 Å². The van der Waals surface area contributed by atoms with Gasteiger partial charge in [0.25, 0.3) is 0 Å². The van der Waals surface area contributed by atoms with Crippen molar-refractivity contribution < 1.29 is 14.3 Å². The number of methoxy groups -OCH3 is 2. The Morgan fingerprint density at radius 3 is 2.47 bits per heavy atom. The Kier molecular flexibility index (Phi) is 5.72. The molecule has 3 aromatic rings. The van der Waals surface area contributed by atoms with E-state index in [1.807, 2.05) is 12.1 Å². The normalized spacial score (nSPS) is 14.7. The Morgan fingerprint density at radius 2 is 1.80 bits per heavy atom. The standard InChI is InChI=1S/C23H25N3O4/c1-29-21-12-17-19(24-14-18(22(17)27)23(28)30-2)13-20(21)26-10-8-25(9-11-26)15-16-6-4-3-5-7-16/h3-7,12-14H,8-11,15H2,1-2H3,(H,24,27). The molecule has 4 rings (SSSR count). The Labute approximate surface area is 174 Å². The fraction of sp³-hybridized carbons (Fsp3) is 0.304. The van der Waals surface area contributed by atoms with Gasteiger partial charge in [-0.05, 0) is 17.7 Å². The number of piperazine rings is 1. The zero-order valence-corrected chi connectivity index (χ0v) is 17.2. The number of hydrogen-bond acceptors (Lipinski definition) is 6. The number of carbonyl (C=O) groups is 1. The molecule has 1 fully saturated rings. The molecule has 2 heterocycles. The largest absolute Gasteiger partial charge is 0.495 e. The summed E-state index contributed by atoms with van der Waals surface area (Å²) in [6, 6.07) is 14.1. The molecule has 1 N–H and O–H groups in total. The first-order valence-corrected chi connectivity index (χ1v) is 9.93. The van der Waals surface area contributed by atoms with Gasteiger partial charge in [0.15, 0.2) is 0 Å². The van der Waals surface area contributed by atoms with Gasteiger partial charge in [-0.15, -0.1) is 0 Å². The first-order valence-electron chi connectivity index (χ1n) is 9.93. The van der Waals surface area contributed by atoms with Crippen molar-refractivity contribution in [2.45, 2.75) is 6.54 Å². The molecule has 1 aromatic heterocycles. The first-order chi connectivity index (χ1) is 14.6. The molecule has 1 saturated heterocycles. The van der Waals surface area contributed by atoms with Crippen molar-refractivity contribution in [1.82, 2.24) is 9.88 Å². The average Bonchev–Trinajstić information content (AvgIpc) is 2.79. The van der Waals surface area contributed by atoms with Crippen molar-refractivity contribution in [2.24, 2.45) is 0 Å². The maximum atomic E-state index is 12.7. The Balaban J connectivity index is 1.57. The van der Waals surface area contributed by atoms with Crippen molar-refractivity contribution in [3.05, 3.63) is 70.0 Å². The minimum absolute atomic E-state index is 0.0191. The number of aromatic nitrogens is 1. The molecule has 0 amide bonds. The van der Waals surface area contributed by atoms with Gasteiger partial charge < -0.3 is 19.4 Å². The van der Waals surface area contributed by atoms with Gasteiger partial charge in [-0.2, -0.15) is 0 Å². The smallest absolute Gasteiger partial charge is 0.343 e. The number of nitrogens with zero attached hydrogens (tertiary/aromatic N) is 2. The van der Waals surface area contributed by atoms with Crippen LogP contribution in [0.3, 0.4) is 0 Å². The molecule has 1 aliphatic heterocycles. The van der Waals surface area contributed by atoms with E-state index in [1.165, 1.54) is 18.9 Å². The summed E-state index contributed by atoms with van der Waals surface area (Å²) >= 11 is 0. The molecule has 7 nitrogen and oxygen atoms in total. The lowest BCUT2D eigenvalue weighted by molar-refractivity contribution is 0.0599. The van der Waals surface area contributed by atoms with E-state index in [9.17, 15) is 9.59 Å². The van der Waals surface area contributed by atoms with E-state index in [-0.39, 0.29) is 11.0 Å². The lowest BCUT2D eigenvalue weighted by Crippen LogP contribution is -2.46. The molecule has 30 heavy (non-hydrogen) atoms. The van der Waals surface area contributed by atoms with Crippen LogP contribution in [0.5, 0.6) is 5.75 Å². The molecule has 0 aliphatic carbocycles. The Hall–Kier alpha value is -3.32. The molecular formula is C23H25N3O4. The molecule has 0 radical (unpaired) electrons. The third-order valence-corrected chi connectivity index (χ3v) is 5.55. The van der Waals surface area contributed by atoms with Crippen LogP contribution < -0.4 is 15.1 Å². The van der Waals surface area contributed by atoms with Crippen molar-refractivity contribution >= 4 is 22.6 Å². The van der Waals surface area contributed by atoms with Crippen molar-refractivity contribution in [2.75, 3.05) is 45.3 Å². The predicted molar refractivity (Wildman–Crippen MR) is 116 cm³/mol. The van der Waals surface area contributed by atoms with Crippen molar-refractivity contribution in [3.8, 4) is 5.75 Å². The number of nitrogens with one attached hydrogen (secondary N) is 1. The zero-order chi connectivity index (χ0) is 21.1. The van der Waals surface area contributed by atoms with Gasteiger partial charge in [0, 0.05) is 38.9 Å². The molecule has 0 unspecified atom stereocenters. The van der Waals surface area contributed by atoms with Crippen LogP contribution in [0.15, 0.2) is 53.5 Å². The van der Waals surface area contributed by atoms with Crippen LogP contribution >= 0.6 is 0 Å². The van der Waals surface area contributed by atoms with E-state index in [0.29, 0.717) is 16.7 Å². The molecule has 0 atom stereocenters. The molecule has 7 heteroatoms. The highest BCUT2D eigenvalue weighted by Gasteiger charge is 2.22. The van der Waals surface area contributed by atoms with Gasteiger partial charge in [-0.3, -0.25) is 9.69 Å². The molecule has 0 bridgehead atoms. The van der Waals surface area contributed by atoms with E-state index in [1.54, 1.807) is 13.2 Å². The molecular weight excluding hydrogens is 382 g/mol. The third kappa shape index (κ3) is 3.89. The summed E-state index contributed by atoms with van der Waals surface area (Å²) in [6.45, 7) is 4.54. The fourth-order valence-corrected chi connectivity index (χ4v) is 3.90. The van der Waals surface area contributed by atoms with E-state index in [4.69, 9.17) is 9.47 Å². The van der Waals surface area contributed by atoms with Crippen LogP contribution in [0.25, 0.3) is 10.9 Å². The van der Waals surface area contributed by atoms with Gasteiger partial charge in [0.1, 0.15) is 11.3 Å². The summed E-state index contributed by atoms with van der Waals surface area (Å²) in [5.74, 6) is -0.0396. The van der Waals surface area contributed by atoms with Crippen LogP contribution in [0.4, 0.5) is 5.69 Å². The summed E-state index contributed by atoms with van der Waals surface area (Å²) in [5, 5.41) is 0.404. The Morgan fingerprint density at radius 1 is 1.07 bits per heavy atom. The topological polar surface area (TPSA) is 74.9 Å². The van der Waals surface area contributed by atoms with Crippen molar-refractivity contribution in [1.29, 1.82) is 0 Å². The summed E-state index contributed by atoms with van der Waals surface area (Å²) in [4.78, 5) is 32.3. The zero-order valence-electron chi connectivity index (χ0n) is 17.2. The minimum Gasteiger partial charge on any atom is -0.495 e. The molecule has 0 saturated carbocycles. The van der Waals surface area contributed by atoms with E-state index < -0.39 is 5.97 Å². The lowest BCUT2D eigenvalue weighted by atomic mass is 10.1. The van der Waals surface area contributed by atoms with Crippen molar-refractivity contribution in [3.63, 3.8) is 0 Å². The van der Waals surface area contributed by atoms with Gasteiger partial charge in [0.05, 0.1) is 30.8 Å². The number of esters is 1. The van der Waals surface area contributed by atoms with Crippen LogP contribution in [0, 0.1) is 0 Å². The number of aromatic amines is 1. The van der Waals surface area contributed by atoms with Crippen LogP contribution in [0.2, 0.25) is 0 Å². The fourth-order valence-electron chi connectivity index (χ4n) is 3.90. The molecule has 0 spiro atoms. The van der Waals surface area contributed by atoms with E-state index in [2.05, 4.69) is 39.0 Å². The van der Waals surface area contributed by atoms with Crippen LogP contribution in [-0.2, 0) is 11.3 Å². The number of H-pyrrole nitrogens is 1. The maximum absolute atomic E-state index is 12.7. The Bertz CT molecular complexity index is 1100. The van der Waals surface area contributed by atoms with E-state index in [0.717, 1.165) is 38.4 Å². The van der Waals surface area contributed by atoms with Gasteiger partial charge in [0.2, 0.25) is 5.43 Å². The summed E-state index contributed by atoms with van der Waals surface area (Å²) in [5.41, 5.74) is 2.52. The summed E-state index contributed by atoms with van der Waals surface area (Å²) < 4.78 is 10.3. The number of rotatable bonds is 5. The lowest BCUT2D eigenvalue weighted by Gasteiger charge is -2.36. The highest BCUT2D eigenvalue weighted by atomic mass is 16.5. The number of hydrogen-bond donors (Lipinski definition) is 1. The number of ether oxygens (including phenoxy) is 2. The monoisotopic (exact) mass is 407 g/mol. The molecule has 2 aromatic carbocycles. The predicted octanol–water partition coefficient (Wildman–Crippen LogP) is 2.65. The third-order valence-electron chi connectivity index (χ3n) is 5.55. The second kappa shape index (κ2) is 8.59. The second-order valence-corrected chi connectivity index (χ2v) is 7.34. The highest BCUT2D eigenvalue weighted by Crippen LogP contribution is 2.32.